The summed E-state index contributed by atoms with van der Waals surface area (Å²) in [7, 11) is 1.75. The van der Waals surface area contributed by atoms with E-state index in [1.807, 2.05) is 6.07 Å². The van der Waals surface area contributed by atoms with Crippen molar-refractivity contribution < 1.29 is 4.74 Å². The van der Waals surface area contributed by atoms with Crippen LogP contribution >= 0.6 is 0 Å². The Kier molecular flexibility index (Phi) is 6.10. The van der Waals surface area contributed by atoms with Gasteiger partial charge in [-0.1, -0.05) is 44.9 Å². The third-order valence-corrected chi connectivity index (χ3v) is 4.68. The SMILES string of the molecule is COc1ccccc1[C@H](C)NC1CCCC(CC(C)C)C1. The predicted molar refractivity (Wildman–Crippen MR) is 89.7 cm³/mol. The Morgan fingerprint density at radius 1 is 1.19 bits per heavy atom. The molecule has 1 aromatic rings. The molecule has 0 aliphatic heterocycles. The average molecular weight is 289 g/mol. The molecule has 1 aromatic carbocycles. The largest absolute Gasteiger partial charge is 0.496 e. The lowest BCUT2D eigenvalue weighted by molar-refractivity contribution is 0.241. The van der Waals surface area contributed by atoms with Crippen molar-refractivity contribution in [2.24, 2.45) is 11.8 Å². The molecule has 1 aliphatic rings. The Hall–Kier alpha value is -1.02. The highest BCUT2D eigenvalue weighted by Gasteiger charge is 2.24. The summed E-state index contributed by atoms with van der Waals surface area (Å²) in [5.74, 6) is 2.72. The van der Waals surface area contributed by atoms with Crippen molar-refractivity contribution in [3.63, 3.8) is 0 Å². The predicted octanol–water partition coefficient (Wildman–Crippen LogP) is 4.95. The van der Waals surface area contributed by atoms with Crippen molar-refractivity contribution in [3.05, 3.63) is 29.8 Å². The molecule has 2 rings (SSSR count). The highest BCUT2D eigenvalue weighted by atomic mass is 16.5. The van der Waals surface area contributed by atoms with Gasteiger partial charge in [0.25, 0.3) is 0 Å². The van der Waals surface area contributed by atoms with Crippen molar-refractivity contribution >= 4 is 0 Å². The van der Waals surface area contributed by atoms with E-state index >= 15 is 0 Å². The van der Waals surface area contributed by atoms with Crippen molar-refractivity contribution in [2.75, 3.05) is 7.11 Å². The van der Waals surface area contributed by atoms with E-state index in [0.717, 1.165) is 17.6 Å². The van der Waals surface area contributed by atoms with E-state index in [2.05, 4.69) is 44.3 Å². The molecule has 0 heterocycles. The monoisotopic (exact) mass is 289 g/mol. The summed E-state index contributed by atoms with van der Waals surface area (Å²) in [6.07, 6.45) is 6.81. The average Bonchev–Trinajstić information content (AvgIpc) is 2.46. The Morgan fingerprint density at radius 3 is 2.67 bits per heavy atom. The number of methoxy groups -OCH3 is 1. The highest BCUT2D eigenvalue weighted by molar-refractivity contribution is 5.35. The lowest BCUT2D eigenvalue weighted by Crippen LogP contribution is -2.36. The van der Waals surface area contributed by atoms with Crippen LogP contribution in [0.4, 0.5) is 0 Å². The van der Waals surface area contributed by atoms with Crippen LogP contribution in [0.2, 0.25) is 0 Å². The minimum Gasteiger partial charge on any atom is -0.496 e. The van der Waals surface area contributed by atoms with E-state index in [9.17, 15) is 0 Å². The molecule has 0 spiro atoms. The summed E-state index contributed by atoms with van der Waals surface area (Å²) in [5.41, 5.74) is 1.27. The summed E-state index contributed by atoms with van der Waals surface area (Å²) in [5, 5.41) is 3.83. The van der Waals surface area contributed by atoms with Crippen LogP contribution < -0.4 is 10.1 Å². The molecular weight excluding hydrogens is 258 g/mol. The first-order valence-electron chi connectivity index (χ1n) is 8.49. The van der Waals surface area contributed by atoms with Gasteiger partial charge in [-0.3, -0.25) is 0 Å². The molecule has 1 fully saturated rings. The fourth-order valence-electron chi connectivity index (χ4n) is 3.79. The molecule has 21 heavy (non-hydrogen) atoms. The van der Waals surface area contributed by atoms with Crippen molar-refractivity contribution in [2.45, 2.75) is 65.0 Å². The van der Waals surface area contributed by atoms with Gasteiger partial charge in [-0.05, 0) is 44.1 Å². The van der Waals surface area contributed by atoms with Crippen LogP contribution in [0.15, 0.2) is 24.3 Å². The topological polar surface area (TPSA) is 21.3 Å². The maximum absolute atomic E-state index is 5.49. The highest BCUT2D eigenvalue weighted by Crippen LogP contribution is 2.32. The van der Waals surface area contributed by atoms with Crippen LogP contribution in [0.25, 0.3) is 0 Å². The Balaban J connectivity index is 1.94. The minimum atomic E-state index is 0.351. The lowest BCUT2D eigenvalue weighted by atomic mass is 9.81. The van der Waals surface area contributed by atoms with Gasteiger partial charge in [-0.2, -0.15) is 0 Å². The third kappa shape index (κ3) is 4.74. The third-order valence-electron chi connectivity index (χ3n) is 4.68. The van der Waals surface area contributed by atoms with E-state index < -0.39 is 0 Å². The van der Waals surface area contributed by atoms with E-state index in [-0.39, 0.29) is 0 Å². The zero-order valence-corrected chi connectivity index (χ0v) is 14.1. The van der Waals surface area contributed by atoms with Crippen LogP contribution in [0.5, 0.6) is 5.75 Å². The number of ether oxygens (including phenoxy) is 1. The molecule has 0 radical (unpaired) electrons. The van der Waals surface area contributed by atoms with E-state index in [1.165, 1.54) is 37.7 Å². The van der Waals surface area contributed by atoms with Crippen LogP contribution in [0, 0.1) is 11.8 Å². The standard InChI is InChI=1S/C19H31NO/c1-14(2)12-16-8-7-9-17(13-16)20-15(3)18-10-5-6-11-19(18)21-4/h5-6,10-11,14-17,20H,7-9,12-13H2,1-4H3/t15-,16?,17?/m0/s1. The van der Waals surface area contributed by atoms with Crippen molar-refractivity contribution in [1.29, 1.82) is 0 Å². The zero-order valence-electron chi connectivity index (χ0n) is 14.1. The van der Waals surface area contributed by atoms with Gasteiger partial charge < -0.3 is 10.1 Å². The summed E-state index contributed by atoms with van der Waals surface area (Å²) in [4.78, 5) is 0. The van der Waals surface area contributed by atoms with Crippen LogP contribution in [-0.4, -0.2) is 13.2 Å². The molecule has 2 nitrogen and oxygen atoms in total. The molecule has 118 valence electrons. The van der Waals surface area contributed by atoms with Gasteiger partial charge in [0.15, 0.2) is 0 Å². The first-order chi connectivity index (χ1) is 10.1. The summed E-state index contributed by atoms with van der Waals surface area (Å²) < 4.78 is 5.49. The van der Waals surface area contributed by atoms with Crippen LogP contribution in [0.1, 0.15) is 64.5 Å². The zero-order chi connectivity index (χ0) is 15.2. The number of para-hydroxylation sites is 1. The van der Waals surface area contributed by atoms with Crippen LogP contribution in [-0.2, 0) is 0 Å². The van der Waals surface area contributed by atoms with Gasteiger partial charge >= 0.3 is 0 Å². The molecule has 0 bridgehead atoms. The molecule has 2 unspecified atom stereocenters. The fraction of sp³-hybridized carbons (Fsp3) is 0.684. The molecule has 1 saturated carbocycles. The van der Waals surface area contributed by atoms with Gasteiger partial charge in [0.2, 0.25) is 0 Å². The normalized spacial score (nSPS) is 24.0. The Bertz CT molecular complexity index is 429. The molecule has 0 saturated heterocycles. The van der Waals surface area contributed by atoms with Crippen LogP contribution in [0.3, 0.4) is 0 Å². The Labute approximate surface area is 130 Å². The van der Waals surface area contributed by atoms with Gasteiger partial charge in [0.05, 0.1) is 7.11 Å². The second-order valence-electron chi connectivity index (χ2n) is 6.99. The molecule has 1 N–H and O–H groups in total. The second kappa shape index (κ2) is 7.84. The maximum atomic E-state index is 5.49. The molecule has 0 aromatic heterocycles. The van der Waals surface area contributed by atoms with Gasteiger partial charge in [-0.15, -0.1) is 0 Å². The van der Waals surface area contributed by atoms with Gasteiger partial charge in [0, 0.05) is 17.6 Å². The molecule has 1 aliphatic carbocycles. The van der Waals surface area contributed by atoms with Crippen molar-refractivity contribution in [1.82, 2.24) is 5.32 Å². The number of rotatable bonds is 6. The second-order valence-corrected chi connectivity index (χ2v) is 6.99. The molecule has 0 amide bonds. The molecule has 3 atom stereocenters. The number of hydrogen-bond donors (Lipinski definition) is 1. The summed E-state index contributed by atoms with van der Waals surface area (Å²) in [6, 6.07) is 9.36. The number of nitrogens with one attached hydrogen (secondary N) is 1. The fourth-order valence-corrected chi connectivity index (χ4v) is 3.79. The molecular formula is C19H31NO. The smallest absolute Gasteiger partial charge is 0.123 e. The van der Waals surface area contributed by atoms with Gasteiger partial charge in [0.1, 0.15) is 5.75 Å². The van der Waals surface area contributed by atoms with Gasteiger partial charge in [-0.25, -0.2) is 0 Å². The summed E-state index contributed by atoms with van der Waals surface area (Å²) in [6.45, 7) is 6.94. The minimum absolute atomic E-state index is 0.351. The summed E-state index contributed by atoms with van der Waals surface area (Å²) >= 11 is 0. The lowest BCUT2D eigenvalue weighted by Gasteiger charge is -2.33. The van der Waals surface area contributed by atoms with E-state index in [1.54, 1.807) is 7.11 Å². The quantitative estimate of drug-likeness (QED) is 0.800. The van der Waals surface area contributed by atoms with E-state index in [0.29, 0.717) is 12.1 Å². The number of benzene rings is 1. The maximum Gasteiger partial charge on any atom is 0.123 e. The first kappa shape index (κ1) is 16.4. The number of hydrogen-bond acceptors (Lipinski definition) is 2. The van der Waals surface area contributed by atoms with Crippen molar-refractivity contribution in [3.8, 4) is 5.75 Å². The van der Waals surface area contributed by atoms with E-state index in [4.69, 9.17) is 4.74 Å². The first-order valence-corrected chi connectivity index (χ1v) is 8.49. The Morgan fingerprint density at radius 2 is 1.95 bits per heavy atom. The molecule has 2 heteroatoms.